The van der Waals surface area contributed by atoms with Gasteiger partial charge in [0, 0.05) is 24.5 Å². The minimum Gasteiger partial charge on any atom is -0.375 e. The molecule has 1 unspecified atom stereocenters. The third kappa shape index (κ3) is 4.32. The van der Waals surface area contributed by atoms with Crippen LogP contribution in [0.1, 0.15) is 30.8 Å². The molecular weight excluding hydrogens is 236 g/mol. The lowest BCUT2D eigenvalue weighted by Gasteiger charge is -2.23. The van der Waals surface area contributed by atoms with Gasteiger partial charge in [-0.15, -0.1) is 11.3 Å². The number of aromatic nitrogens is 1. The zero-order valence-electron chi connectivity index (χ0n) is 10.6. The molecule has 1 aromatic heterocycles. The van der Waals surface area contributed by atoms with Gasteiger partial charge in [-0.1, -0.05) is 6.92 Å². The van der Waals surface area contributed by atoms with Crippen LogP contribution in [-0.2, 0) is 0 Å². The Morgan fingerprint density at radius 3 is 2.94 bits per heavy atom. The highest BCUT2D eigenvalue weighted by Crippen LogP contribution is 2.10. The van der Waals surface area contributed by atoms with Crippen molar-refractivity contribution in [2.75, 3.05) is 25.9 Å². The predicted octanol–water partition coefficient (Wildman–Crippen LogP) is 1.19. The van der Waals surface area contributed by atoms with Crippen molar-refractivity contribution in [1.29, 1.82) is 0 Å². The van der Waals surface area contributed by atoms with E-state index in [1.165, 1.54) is 11.3 Å². The molecule has 1 amide bonds. The van der Waals surface area contributed by atoms with Crippen molar-refractivity contribution in [3.8, 4) is 0 Å². The van der Waals surface area contributed by atoms with Crippen molar-refractivity contribution in [1.82, 2.24) is 15.2 Å². The first-order chi connectivity index (χ1) is 8.04. The molecule has 1 rings (SSSR count). The first kappa shape index (κ1) is 13.9. The molecule has 96 valence electrons. The van der Waals surface area contributed by atoms with Gasteiger partial charge in [-0.3, -0.25) is 4.79 Å². The third-order valence-corrected chi connectivity index (χ3v) is 3.52. The quantitative estimate of drug-likeness (QED) is 0.802. The summed E-state index contributed by atoms with van der Waals surface area (Å²) in [5.74, 6) is -0.157. The Morgan fingerprint density at radius 2 is 2.41 bits per heavy atom. The molecule has 3 N–H and O–H groups in total. The standard InChI is InChI=1S/C11H20N4OS/c1-4-8(2)15(3)6-5-13-10(16)9-7-17-11(12)14-9/h7-8H,4-6H2,1-3H3,(H2,12,14)(H,13,16). The largest absolute Gasteiger partial charge is 0.375 e. The second-order valence-corrected chi connectivity index (χ2v) is 4.95. The number of anilines is 1. The maximum atomic E-state index is 11.6. The van der Waals surface area contributed by atoms with Gasteiger partial charge in [-0.25, -0.2) is 4.98 Å². The minimum atomic E-state index is -0.157. The number of thiazole rings is 1. The first-order valence-electron chi connectivity index (χ1n) is 5.74. The molecule has 0 aliphatic carbocycles. The number of carbonyl (C=O) groups is 1. The highest BCUT2D eigenvalue weighted by molar-refractivity contribution is 7.13. The fourth-order valence-electron chi connectivity index (χ4n) is 1.36. The van der Waals surface area contributed by atoms with Gasteiger partial charge >= 0.3 is 0 Å². The van der Waals surface area contributed by atoms with Crippen LogP contribution in [0.15, 0.2) is 5.38 Å². The molecular formula is C11H20N4OS. The number of nitrogens with zero attached hydrogens (tertiary/aromatic N) is 2. The van der Waals surface area contributed by atoms with E-state index in [1.807, 2.05) is 0 Å². The van der Waals surface area contributed by atoms with Crippen LogP contribution >= 0.6 is 11.3 Å². The molecule has 6 heteroatoms. The van der Waals surface area contributed by atoms with E-state index in [-0.39, 0.29) is 5.91 Å². The summed E-state index contributed by atoms with van der Waals surface area (Å²) in [5.41, 5.74) is 5.87. The molecule has 1 aromatic rings. The van der Waals surface area contributed by atoms with E-state index in [9.17, 15) is 4.79 Å². The lowest BCUT2D eigenvalue weighted by molar-refractivity contribution is 0.0943. The van der Waals surface area contributed by atoms with Gasteiger partial charge in [-0.05, 0) is 20.4 Å². The summed E-state index contributed by atoms with van der Waals surface area (Å²) in [5, 5.41) is 4.92. The van der Waals surface area contributed by atoms with Crippen molar-refractivity contribution < 1.29 is 4.79 Å². The monoisotopic (exact) mass is 256 g/mol. The van der Waals surface area contributed by atoms with Gasteiger partial charge in [0.2, 0.25) is 0 Å². The van der Waals surface area contributed by atoms with Crippen LogP contribution in [-0.4, -0.2) is 42.0 Å². The summed E-state index contributed by atoms with van der Waals surface area (Å²) in [6, 6.07) is 0.529. The average Bonchev–Trinajstić information content (AvgIpc) is 2.74. The van der Waals surface area contributed by atoms with Gasteiger partial charge in [0.1, 0.15) is 5.69 Å². The predicted molar refractivity (Wildman–Crippen MR) is 71.2 cm³/mol. The maximum absolute atomic E-state index is 11.6. The molecule has 1 atom stereocenters. The lowest BCUT2D eigenvalue weighted by atomic mass is 10.2. The van der Waals surface area contributed by atoms with Crippen LogP contribution in [0.25, 0.3) is 0 Å². The summed E-state index contributed by atoms with van der Waals surface area (Å²) in [7, 11) is 2.06. The van der Waals surface area contributed by atoms with Gasteiger partial charge in [0.25, 0.3) is 5.91 Å². The molecule has 0 aromatic carbocycles. The number of nitrogens with two attached hydrogens (primary N) is 1. The van der Waals surface area contributed by atoms with E-state index >= 15 is 0 Å². The van der Waals surface area contributed by atoms with Gasteiger partial charge in [-0.2, -0.15) is 0 Å². The summed E-state index contributed by atoms with van der Waals surface area (Å²) >= 11 is 1.28. The second-order valence-electron chi connectivity index (χ2n) is 4.06. The highest BCUT2D eigenvalue weighted by atomic mass is 32.1. The molecule has 0 aliphatic rings. The second kappa shape index (κ2) is 6.56. The van der Waals surface area contributed by atoms with E-state index in [4.69, 9.17) is 5.73 Å². The molecule has 0 saturated heterocycles. The summed E-state index contributed by atoms with van der Waals surface area (Å²) in [4.78, 5) is 17.8. The molecule has 17 heavy (non-hydrogen) atoms. The number of rotatable bonds is 6. The van der Waals surface area contributed by atoms with Crippen molar-refractivity contribution in [3.63, 3.8) is 0 Å². The fraction of sp³-hybridized carbons (Fsp3) is 0.636. The van der Waals surface area contributed by atoms with E-state index in [2.05, 4.69) is 36.1 Å². The van der Waals surface area contributed by atoms with E-state index in [0.717, 1.165) is 13.0 Å². The Bertz CT molecular complexity index is 366. The molecule has 1 heterocycles. The van der Waals surface area contributed by atoms with Crippen LogP contribution in [0.2, 0.25) is 0 Å². The van der Waals surface area contributed by atoms with Crippen molar-refractivity contribution in [2.24, 2.45) is 0 Å². The van der Waals surface area contributed by atoms with Gasteiger partial charge < -0.3 is 16.0 Å². The van der Waals surface area contributed by atoms with Crippen LogP contribution in [0.3, 0.4) is 0 Å². The number of carbonyl (C=O) groups excluding carboxylic acids is 1. The Balaban J connectivity index is 2.30. The molecule has 0 fully saturated rings. The molecule has 5 nitrogen and oxygen atoms in total. The molecule has 0 saturated carbocycles. The zero-order chi connectivity index (χ0) is 12.8. The van der Waals surface area contributed by atoms with Crippen molar-refractivity contribution in [2.45, 2.75) is 26.3 Å². The Morgan fingerprint density at radius 1 is 1.71 bits per heavy atom. The van der Waals surface area contributed by atoms with Crippen LogP contribution in [0.4, 0.5) is 5.13 Å². The Labute approximate surface area is 106 Å². The minimum absolute atomic E-state index is 0.157. The first-order valence-corrected chi connectivity index (χ1v) is 6.62. The van der Waals surface area contributed by atoms with Gasteiger partial charge in [0.15, 0.2) is 5.13 Å². The Kier molecular flexibility index (Phi) is 5.37. The topological polar surface area (TPSA) is 71.2 Å². The van der Waals surface area contributed by atoms with Gasteiger partial charge in [0.05, 0.1) is 0 Å². The van der Waals surface area contributed by atoms with E-state index < -0.39 is 0 Å². The Hall–Kier alpha value is -1.14. The van der Waals surface area contributed by atoms with Crippen LogP contribution < -0.4 is 11.1 Å². The molecule has 0 spiro atoms. The maximum Gasteiger partial charge on any atom is 0.270 e. The number of hydrogen-bond donors (Lipinski definition) is 2. The van der Waals surface area contributed by atoms with Crippen LogP contribution in [0.5, 0.6) is 0 Å². The SMILES string of the molecule is CCC(C)N(C)CCNC(=O)c1csc(N)n1. The van der Waals surface area contributed by atoms with Crippen molar-refractivity contribution in [3.05, 3.63) is 11.1 Å². The summed E-state index contributed by atoms with van der Waals surface area (Å²) in [6.45, 7) is 5.78. The number of likely N-dealkylation sites (N-methyl/N-ethyl adjacent to an activating group) is 1. The average molecular weight is 256 g/mol. The number of nitrogens with one attached hydrogen (secondary N) is 1. The normalized spacial score (nSPS) is 12.7. The van der Waals surface area contributed by atoms with Crippen molar-refractivity contribution >= 4 is 22.4 Å². The molecule has 0 aliphatic heterocycles. The fourth-order valence-corrected chi connectivity index (χ4v) is 1.90. The molecule has 0 radical (unpaired) electrons. The summed E-state index contributed by atoms with van der Waals surface area (Å²) in [6.07, 6.45) is 1.10. The zero-order valence-corrected chi connectivity index (χ0v) is 11.4. The third-order valence-electron chi connectivity index (χ3n) is 2.85. The number of amides is 1. The summed E-state index contributed by atoms with van der Waals surface area (Å²) < 4.78 is 0. The number of nitrogen functional groups attached to an aromatic ring is 1. The van der Waals surface area contributed by atoms with E-state index in [1.54, 1.807) is 5.38 Å². The lowest BCUT2D eigenvalue weighted by Crippen LogP contribution is -2.37. The smallest absolute Gasteiger partial charge is 0.270 e. The van der Waals surface area contributed by atoms with E-state index in [0.29, 0.717) is 23.4 Å². The molecule has 0 bridgehead atoms. The highest BCUT2D eigenvalue weighted by Gasteiger charge is 2.10. The van der Waals surface area contributed by atoms with Crippen LogP contribution in [0, 0.1) is 0 Å². The number of hydrogen-bond acceptors (Lipinski definition) is 5.